The highest BCUT2D eigenvalue weighted by molar-refractivity contribution is 6.30. The van der Waals surface area contributed by atoms with Gasteiger partial charge in [-0.2, -0.15) is 5.10 Å². The molecule has 112 valence electrons. The van der Waals surface area contributed by atoms with Gasteiger partial charge < -0.3 is 5.32 Å². The van der Waals surface area contributed by atoms with Crippen molar-refractivity contribution in [3.8, 4) is 0 Å². The number of nitrogens with zero attached hydrogens (tertiary/aromatic N) is 3. The van der Waals surface area contributed by atoms with Crippen molar-refractivity contribution in [3.63, 3.8) is 0 Å². The molecule has 5 heteroatoms. The van der Waals surface area contributed by atoms with Gasteiger partial charge >= 0.3 is 0 Å². The minimum absolute atomic E-state index is 0.385. The molecule has 21 heavy (non-hydrogen) atoms. The van der Waals surface area contributed by atoms with E-state index in [0.29, 0.717) is 6.04 Å². The highest BCUT2D eigenvalue weighted by Gasteiger charge is 2.25. The van der Waals surface area contributed by atoms with Crippen molar-refractivity contribution in [1.82, 2.24) is 20.0 Å². The van der Waals surface area contributed by atoms with Gasteiger partial charge in [0, 0.05) is 44.8 Å². The Bertz CT molecular complexity index is 608. The van der Waals surface area contributed by atoms with Crippen LogP contribution >= 0.6 is 11.6 Å². The van der Waals surface area contributed by atoms with Gasteiger partial charge in [0.1, 0.15) is 5.15 Å². The van der Waals surface area contributed by atoms with E-state index in [1.165, 1.54) is 5.56 Å². The molecule has 1 aliphatic heterocycles. The topological polar surface area (TPSA) is 33.1 Å². The Morgan fingerprint density at radius 1 is 1.33 bits per heavy atom. The SMILES string of the molecule is Cc1nn(C)c(Cl)c1CN1CCNCC1c1ccccc1. The molecule has 0 radical (unpaired) electrons. The fraction of sp³-hybridized carbons (Fsp3) is 0.438. The van der Waals surface area contributed by atoms with E-state index in [2.05, 4.69) is 45.6 Å². The molecule has 0 saturated carbocycles. The van der Waals surface area contributed by atoms with Crippen molar-refractivity contribution in [2.75, 3.05) is 19.6 Å². The van der Waals surface area contributed by atoms with Crippen molar-refractivity contribution in [2.24, 2.45) is 7.05 Å². The fourth-order valence-electron chi connectivity index (χ4n) is 3.00. The van der Waals surface area contributed by atoms with E-state index in [1.807, 2.05) is 14.0 Å². The summed E-state index contributed by atoms with van der Waals surface area (Å²) in [6, 6.07) is 11.0. The Morgan fingerprint density at radius 3 is 2.76 bits per heavy atom. The van der Waals surface area contributed by atoms with Crippen LogP contribution in [0.2, 0.25) is 5.15 Å². The molecule has 1 aliphatic rings. The first kappa shape index (κ1) is 14.6. The lowest BCUT2D eigenvalue weighted by Gasteiger charge is -2.36. The third-order valence-corrected chi connectivity index (χ3v) is 4.64. The smallest absolute Gasteiger partial charge is 0.131 e. The second-order valence-corrected chi connectivity index (χ2v) is 5.94. The van der Waals surface area contributed by atoms with Crippen molar-refractivity contribution in [3.05, 3.63) is 52.3 Å². The zero-order chi connectivity index (χ0) is 14.8. The lowest BCUT2D eigenvalue weighted by molar-refractivity contribution is 0.153. The summed E-state index contributed by atoms with van der Waals surface area (Å²) in [4.78, 5) is 2.49. The molecule has 1 aromatic heterocycles. The average Bonchev–Trinajstić information content (AvgIpc) is 2.75. The molecule has 0 aliphatic carbocycles. The largest absolute Gasteiger partial charge is 0.314 e. The van der Waals surface area contributed by atoms with E-state index in [0.717, 1.165) is 42.6 Å². The summed E-state index contributed by atoms with van der Waals surface area (Å²) in [7, 11) is 1.89. The van der Waals surface area contributed by atoms with Gasteiger partial charge in [0.15, 0.2) is 0 Å². The molecule has 1 fully saturated rings. The summed E-state index contributed by atoms with van der Waals surface area (Å²) in [6.45, 7) is 5.88. The molecule has 0 spiro atoms. The molecule has 2 aromatic rings. The van der Waals surface area contributed by atoms with Crippen LogP contribution in [0.25, 0.3) is 0 Å². The molecular weight excluding hydrogens is 284 g/mol. The Balaban J connectivity index is 1.85. The van der Waals surface area contributed by atoms with Gasteiger partial charge in [-0.1, -0.05) is 41.9 Å². The second-order valence-electron chi connectivity index (χ2n) is 5.58. The molecule has 1 atom stereocenters. The highest BCUT2D eigenvalue weighted by atomic mass is 35.5. The van der Waals surface area contributed by atoms with Crippen molar-refractivity contribution < 1.29 is 0 Å². The first-order valence-corrected chi connectivity index (χ1v) is 7.72. The molecule has 1 N–H and O–H groups in total. The molecule has 0 amide bonds. The van der Waals surface area contributed by atoms with Gasteiger partial charge in [-0.3, -0.25) is 9.58 Å². The third kappa shape index (κ3) is 2.98. The van der Waals surface area contributed by atoms with Crippen LogP contribution in [-0.4, -0.2) is 34.3 Å². The molecule has 2 heterocycles. The minimum atomic E-state index is 0.385. The Morgan fingerprint density at radius 2 is 2.10 bits per heavy atom. The van der Waals surface area contributed by atoms with E-state index < -0.39 is 0 Å². The number of halogens is 1. The predicted molar refractivity (Wildman–Crippen MR) is 85.4 cm³/mol. The molecule has 1 saturated heterocycles. The fourth-order valence-corrected chi connectivity index (χ4v) is 3.23. The monoisotopic (exact) mass is 304 g/mol. The molecule has 4 nitrogen and oxygen atoms in total. The quantitative estimate of drug-likeness (QED) is 0.946. The normalized spacial score (nSPS) is 19.9. The lowest BCUT2D eigenvalue weighted by atomic mass is 10.0. The number of piperazine rings is 1. The van der Waals surface area contributed by atoms with Crippen LogP contribution in [0.15, 0.2) is 30.3 Å². The lowest BCUT2D eigenvalue weighted by Crippen LogP contribution is -2.45. The standard InChI is InChI=1S/C16H21ClN4/c1-12-14(16(17)20(2)19-12)11-21-9-8-18-10-15(21)13-6-4-3-5-7-13/h3-7,15,18H,8-11H2,1-2H3. The summed E-state index contributed by atoms with van der Waals surface area (Å²) >= 11 is 6.39. The summed E-state index contributed by atoms with van der Waals surface area (Å²) in [5, 5.41) is 8.65. The van der Waals surface area contributed by atoms with Crippen molar-refractivity contribution in [2.45, 2.75) is 19.5 Å². The van der Waals surface area contributed by atoms with Crippen LogP contribution in [-0.2, 0) is 13.6 Å². The van der Waals surface area contributed by atoms with Gasteiger partial charge in [0.25, 0.3) is 0 Å². The second kappa shape index (κ2) is 6.18. The van der Waals surface area contributed by atoms with Crippen molar-refractivity contribution >= 4 is 11.6 Å². The van der Waals surface area contributed by atoms with Gasteiger partial charge in [-0.05, 0) is 12.5 Å². The van der Waals surface area contributed by atoms with Gasteiger partial charge in [0.2, 0.25) is 0 Å². The summed E-state index contributed by atoms with van der Waals surface area (Å²) in [6.07, 6.45) is 0. The first-order valence-electron chi connectivity index (χ1n) is 7.34. The summed E-state index contributed by atoms with van der Waals surface area (Å²) in [5.41, 5.74) is 3.51. The van der Waals surface area contributed by atoms with Crippen LogP contribution in [0.1, 0.15) is 22.9 Å². The minimum Gasteiger partial charge on any atom is -0.314 e. The number of benzene rings is 1. The van der Waals surface area contributed by atoms with Gasteiger partial charge in [-0.15, -0.1) is 0 Å². The van der Waals surface area contributed by atoms with Gasteiger partial charge in [0.05, 0.1) is 5.69 Å². The zero-order valence-electron chi connectivity index (χ0n) is 12.5. The Hall–Kier alpha value is -1.36. The molecule has 1 aromatic carbocycles. The van der Waals surface area contributed by atoms with Crippen molar-refractivity contribution in [1.29, 1.82) is 0 Å². The number of aromatic nitrogens is 2. The van der Waals surface area contributed by atoms with Crippen LogP contribution in [0, 0.1) is 6.92 Å². The zero-order valence-corrected chi connectivity index (χ0v) is 13.3. The first-order chi connectivity index (χ1) is 10.2. The average molecular weight is 305 g/mol. The van der Waals surface area contributed by atoms with E-state index in [4.69, 9.17) is 11.6 Å². The number of nitrogens with one attached hydrogen (secondary N) is 1. The maximum atomic E-state index is 6.39. The summed E-state index contributed by atoms with van der Waals surface area (Å²) in [5.74, 6) is 0. The number of aryl methyl sites for hydroxylation is 2. The van der Waals surface area contributed by atoms with Crippen LogP contribution in [0.3, 0.4) is 0 Å². The Labute approximate surface area is 130 Å². The van der Waals surface area contributed by atoms with E-state index in [9.17, 15) is 0 Å². The molecule has 3 rings (SSSR count). The highest BCUT2D eigenvalue weighted by Crippen LogP contribution is 2.27. The third-order valence-electron chi connectivity index (χ3n) is 4.17. The Kier molecular flexibility index (Phi) is 4.29. The van der Waals surface area contributed by atoms with Gasteiger partial charge in [-0.25, -0.2) is 0 Å². The number of hydrogen-bond donors (Lipinski definition) is 1. The number of hydrogen-bond acceptors (Lipinski definition) is 3. The van der Waals surface area contributed by atoms with Crippen LogP contribution < -0.4 is 5.32 Å². The maximum Gasteiger partial charge on any atom is 0.131 e. The van der Waals surface area contributed by atoms with E-state index in [1.54, 1.807) is 4.68 Å². The van der Waals surface area contributed by atoms with Crippen LogP contribution in [0.4, 0.5) is 0 Å². The molecule has 0 bridgehead atoms. The molecule has 1 unspecified atom stereocenters. The number of rotatable bonds is 3. The van der Waals surface area contributed by atoms with E-state index >= 15 is 0 Å². The van der Waals surface area contributed by atoms with E-state index in [-0.39, 0.29) is 0 Å². The van der Waals surface area contributed by atoms with Crippen LogP contribution in [0.5, 0.6) is 0 Å². The molecular formula is C16H21ClN4. The predicted octanol–water partition coefficient (Wildman–Crippen LogP) is 2.53. The summed E-state index contributed by atoms with van der Waals surface area (Å²) < 4.78 is 1.76. The maximum absolute atomic E-state index is 6.39.